The summed E-state index contributed by atoms with van der Waals surface area (Å²) in [6.07, 6.45) is -0.540. The van der Waals surface area contributed by atoms with E-state index in [1.807, 2.05) is 42.5 Å². The number of carbonyl (C=O) groups is 2. The van der Waals surface area contributed by atoms with Crippen LogP contribution in [0.1, 0.15) is 11.7 Å². The smallest absolute Gasteiger partial charge is 0.412 e. The van der Waals surface area contributed by atoms with Crippen LogP contribution in [0.25, 0.3) is 10.8 Å². The molecule has 0 aliphatic rings. The summed E-state index contributed by atoms with van der Waals surface area (Å²) in [4.78, 5) is 24.6. The summed E-state index contributed by atoms with van der Waals surface area (Å²) in [6.45, 7) is -0.0852. The standard InChI is InChI=1S/C30H27NO7/c32-18-19-36-24-13-6-10-22(20-24)29(27(16-17-28(33)34)37-23-11-2-1-3-12-23)38-30(35)31-26-15-7-9-21-8-4-5-14-25(21)26/h1-17,20,27,29,32H,18-19H2,(H,31,35)(H,33,34)/b17-16+/t27-,29-/m0/s1. The molecule has 0 fully saturated rings. The summed E-state index contributed by atoms with van der Waals surface area (Å²) in [5.41, 5.74) is 1.07. The van der Waals surface area contributed by atoms with E-state index in [1.54, 1.807) is 54.6 Å². The van der Waals surface area contributed by atoms with Crippen molar-refractivity contribution in [1.82, 2.24) is 0 Å². The van der Waals surface area contributed by atoms with Crippen LogP contribution in [0, 0.1) is 0 Å². The van der Waals surface area contributed by atoms with Gasteiger partial charge in [0.1, 0.15) is 18.1 Å². The van der Waals surface area contributed by atoms with Crippen LogP contribution in [-0.2, 0) is 9.53 Å². The zero-order valence-corrected chi connectivity index (χ0v) is 20.4. The van der Waals surface area contributed by atoms with Gasteiger partial charge < -0.3 is 24.4 Å². The lowest BCUT2D eigenvalue weighted by molar-refractivity contribution is -0.131. The van der Waals surface area contributed by atoms with Gasteiger partial charge in [0.15, 0.2) is 12.2 Å². The van der Waals surface area contributed by atoms with Gasteiger partial charge in [-0.2, -0.15) is 0 Å². The highest BCUT2D eigenvalue weighted by Crippen LogP contribution is 2.30. The van der Waals surface area contributed by atoms with E-state index in [0.717, 1.165) is 16.8 Å². The molecule has 4 rings (SSSR count). The van der Waals surface area contributed by atoms with Crippen molar-refractivity contribution in [1.29, 1.82) is 0 Å². The minimum absolute atomic E-state index is 0.0827. The van der Waals surface area contributed by atoms with E-state index in [9.17, 15) is 14.7 Å². The number of hydrogen-bond acceptors (Lipinski definition) is 6. The van der Waals surface area contributed by atoms with E-state index in [4.69, 9.17) is 19.3 Å². The summed E-state index contributed by atoms with van der Waals surface area (Å²) in [5, 5.41) is 23.0. The largest absolute Gasteiger partial charge is 0.491 e. The molecule has 0 saturated carbocycles. The number of carboxylic acids is 1. The number of rotatable bonds is 11. The van der Waals surface area contributed by atoms with Gasteiger partial charge >= 0.3 is 12.1 Å². The SMILES string of the molecule is O=C(O)/C=C/[C@H](Oc1ccccc1)[C@@H](OC(=O)Nc1cccc2ccccc12)c1cccc(OCCO)c1. The zero-order valence-electron chi connectivity index (χ0n) is 20.4. The van der Waals surface area contributed by atoms with E-state index < -0.39 is 24.3 Å². The molecule has 3 N–H and O–H groups in total. The van der Waals surface area contributed by atoms with E-state index in [-0.39, 0.29) is 13.2 Å². The van der Waals surface area contributed by atoms with Crippen LogP contribution in [0.15, 0.2) is 109 Å². The quantitative estimate of drug-likeness (QED) is 0.224. The lowest BCUT2D eigenvalue weighted by Crippen LogP contribution is -2.30. The number of aliphatic hydroxyl groups excluding tert-OH is 1. The maximum absolute atomic E-state index is 13.2. The molecule has 4 aromatic carbocycles. The molecule has 0 aliphatic heterocycles. The minimum atomic E-state index is -1.18. The van der Waals surface area contributed by atoms with Gasteiger partial charge in [-0.1, -0.05) is 66.7 Å². The molecule has 0 aromatic heterocycles. The predicted octanol–water partition coefficient (Wildman–Crippen LogP) is 5.59. The Kier molecular flexibility index (Phi) is 8.93. The number of hydrogen-bond donors (Lipinski definition) is 3. The first-order valence-corrected chi connectivity index (χ1v) is 12.0. The number of ether oxygens (including phenoxy) is 3. The lowest BCUT2D eigenvalue weighted by atomic mass is 10.0. The number of carboxylic acid groups (broad SMARTS) is 1. The van der Waals surface area contributed by atoms with Crippen LogP contribution in [-0.4, -0.2) is 41.6 Å². The van der Waals surface area contributed by atoms with Crippen molar-refractivity contribution in [2.45, 2.75) is 12.2 Å². The van der Waals surface area contributed by atoms with E-state index in [2.05, 4.69) is 5.32 Å². The van der Waals surface area contributed by atoms with Crippen molar-refractivity contribution in [3.8, 4) is 11.5 Å². The number of benzene rings is 4. The summed E-state index contributed by atoms with van der Waals surface area (Å²) in [7, 11) is 0. The fourth-order valence-electron chi connectivity index (χ4n) is 3.89. The number of amides is 1. The van der Waals surface area contributed by atoms with Crippen LogP contribution in [0.4, 0.5) is 10.5 Å². The molecule has 0 aliphatic carbocycles. The Morgan fingerprint density at radius 1 is 0.868 bits per heavy atom. The average Bonchev–Trinajstić information content (AvgIpc) is 2.94. The Balaban J connectivity index is 1.68. The molecule has 0 spiro atoms. The molecule has 194 valence electrons. The fourth-order valence-corrected chi connectivity index (χ4v) is 3.89. The third-order valence-corrected chi connectivity index (χ3v) is 5.55. The molecule has 4 aromatic rings. The molecule has 8 nitrogen and oxygen atoms in total. The van der Waals surface area contributed by atoms with Gasteiger partial charge in [-0.3, -0.25) is 5.32 Å². The number of carbonyl (C=O) groups excluding carboxylic acids is 1. The molecule has 0 radical (unpaired) electrons. The highest BCUT2D eigenvalue weighted by Gasteiger charge is 2.28. The highest BCUT2D eigenvalue weighted by molar-refractivity contribution is 6.00. The van der Waals surface area contributed by atoms with Crippen LogP contribution in [0.2, 0.25) is 0 Å². The third kappa shape index (κ3) is 7.11. The maximum Gasteiger partial charge on any atom is 0.412 e. The van der Waals surface area contributed by atoms with Gasteiger partial charge in [0.2, 0.25) is 0 Å². The first kappa shape index (κ1) is 26.2. The van der Waals surface area contributed by atoms with Crippen LogP contribution < -0.4 is 14.8 Å². The zero-order chi connectivity index (χ0) is 26.7. The Morgan fingerprint density at radius 2 is 1.58 bits per heavy atom. The van der Waals surface area contributed by atoms with Gasteiger partial charge in [-0.15, -0.1) is 0 Å². The van der Waals surface area contributed by atoms with Gasteiger partial charge in [0.05, 0.1) is 12.3 Å². The molecule has 0 heterocycles. The van der Waals surface area contributed by atoms with Crippen molar-refractivity contribution in [2.24, 2.45) is 0 Å². The number of aliphatic hydroxyl groups is 1. The molecular weight excluding hydrogens is 486 g/mol. The van der Waals surface area contributed by atoms with E-state index in [0.29, 0.717) is 22.7 Å². The molecule has 0 unspecified atom stereocenters. The van der Waals surface area contributed by atoms with Gasteiger partial charge in [-0.25, -0.2) is 9.59 Å². The summed E-state index contributed by atoms with van der Waals surface area (Å²) >= 11 is 0. The van der Waals surface area contributed by atoms with E-state index in [1.165, 1.54) is 6.08 Å². The van der Waals surface area contributed by atoms with E-state index >= 15 is 0 Å². The average molecular weight is 514 g/mol. The van der Waals surface area contributed by atoms with Crippen molar-refractivity contribution in [2.75, 3.05) is 18.5 Å². The number of nitrogens with one attached hydrogen (secondary N) is 1. The second-order valence-electron chi connectivity index (χ2n) is 8.22. The van der Waals surface area contributed by atoms with Crippen LogP contribution in [0.5, 0.6) is 11.5 Å². The van der Waals surface area contributed by atoms with Crippen molar-refractivity contribution >= 4 is 28.5 Å². The Morgan fingerprint density at radius 3 is 2.37 bits per heavy atom. The second-order valence-corrected chi connectivity index (χ2v) is 8.22. The van der Waals surface area contributed by atoms with Crippen molar-refractivity contribution < 1.29 is 34.0 Å². The molecule has 2 atom stereocenters. The van der Waals surface area contributed by atoms with Gasteiger partial charge in [0.25, 0.3) is 0 Å². The third-order valence-electron chi connectivity index (χ3n) is 5.55. The number of anilines is 1. The Labute approximate surface area is 219 Å². The monoisotopic (exact) mass is 513 g/mol. The van der Waals surface area contributed by atoms with Gasteiger partial charge in [0, 0.05) is 17.0 Å². The molecule has 1 amide bonds. The fraction of sp³-hybridized carbons (Fsp3) is 0.133. The van der Waals surface area contributed by atoms with Crippen LogP contribution in [0.3, 0.4) is 0 Å². The van der Waals surface area contributed by atoms with Crippen molar-refractivity contribution in [3.63, 3.8) is 0 Å². The molecular formula is C30H27NO7. The highest BCUT2D eigenvalue weighted by atomic mass is 16.6. The first-order chi connectivity index (χ1) is 18.5. The second kappa shape index (κ2) is 12.9. The lowest BCUT2D eigenvalue weighted by Gasteiger charge is -2.26. The number of aliphatic carboxylic acids is 1. The Hall–Kier alpha value is -4.82. The maximum atomic E-state index is 13.2. The molecule has 38 heavy (non-hydrogen) atoms. The normalized spacial score (nSPS) is 12.6. The summed E-state index contributed by atoms with van der Waals surface area (Å²) < 4.78 is 17.5. The summed E-state index contributed by atoms with van der Waals surface area (Å²) in [5.74, 6) is -0.269. The minimum Gasteiger partial charge on any atom is -0.491 e. The summed E-state index contributed by atoms with van der Waals surface area (Å²) in [6, 6.07) is 28.7. The topological polar surface area (TPSA) is 114 Å². The molecule has 8 heteroatoms. The van der Waals surface area contributed by atoms with Crippen molar-refractivity contribution in [3.05, 3.63) is 115 Å². The first-order valence-electron chi connectivity index (χ1n) is 12.0. The van der Waals surface area contributed by atoms with Gasteiger partial charge in [-0.05, 0) is 41.8 Å². The predicted molar refractivity (Wildman–Crippen MR) is 143 cm³/mol. The molecule has 0 bridgehead atoms. The molecule has 0 saturated heterocycles. The Bertz CT molecular complexity index is 1400. The van der Waals surface area contributed by atoms with Crippen LogP contribution >= 0.6 is 0 Å². The number of fused-ring (bicyclic) bond motifs is 1. The number of para-hydroxylation sites is 1.